The average molecular weight is 571 g/mol. The largest absolute Gasteiger partial charge is 0.390 e. The van der Waals surface area contributed by atoms with E-state index in [1.165, 1.54) is 16.3 Å². The van der Waals surface area contributed by atoms with E-state index in [4.69, 9.17) is 0 Å². The molecule has 2 aromatic rings. The van der Waals surface area contributed by atoms with E-state index in [0.717, 1.165) is 32.1 Å². The number of piperazine rings is 1. The van der Waals surface area contributed by atoms with Crippen LogP contribution >= 0.6 is 46.7 Å². The van der Waals surface area contributed by atoms with Gasteiger partial charge in [-0.15, -0.1) is 46.7 Å². The van der Waals surface area contributed by atoms with Crippen molar-refractivity contribution in [3.63, 3.8) is 0 Å². The van der Waals surface area contributed by atoms with Crippen molar-refractivity contribution in [3.8, 4) is 0 Å². The van der Waals surface area contributed by atoms with Crippen LogP contribution in [0.25, 0.3) is 0 Å². The van der Waals surface area contributed by atoms with Crippen molar-refractivity contribution in [2.45, 2.75) is 17.2 Å². The molecule has 162 valence electrons. The second kappa shape index (κ2) is 11.5. The maximum absolute atomic E-state index is 12.3. The van der Waals surface area contributed by atoms with Crippen molar-refractivity contribution >= 4 is 67.4 Å². The molecule has 7 nitrogen and oxygen atoms in total. The van der Waals surface area contributed by atoms with Gasteiger partial charge in [0.25, 0.3) is 0 Å². The van der Waals surface area contributed by atoms with E-state index in [9.17, 15) is 13.5 Å². The maximum Gasteiger partial charge on any atom is 0.194 e. The summed E-state index contributed by atoms with van der Waals surface area (Å²) in [7, 11) is -3.47. The van der Waals surface area contributed by atoms with Crippen LogP contribution in [0.5, 0.6) is 0 Å². The van der Waals surface area contributed by atoms with Crippen molar-refractivity contribution in [2.75, 3.05) is 49.9 Å². The molecule has 0 amide bonds. The monoisotopic (exact) mass is 570 g/mol. The molecular weight excluding hydrogens is 543 g/mol. The minimum Gasteiger partial charge on any atom is -0.390 e. The summed E-state index contributed by atoms with van der Waals surface area (Å²) >= 11 is 2.91. The summed E-state index contributed by atoms with van der Waals surface area (Å²) in [6, 6.07) is 7.45. The summed E-state index contributed by atoms with van der Waals surface area (Å²) in [5, 5.41) is 18.6. The third kappa shape index (κ3) is 6.81. The second-order valence-electron chi connectivity index (χ2n) is 6.49. The molecule has 1 aliphatic heterocycles. The summed E-state index contributed by atoms with van der Waals surface area (Å²) in [6.45, 7) is 6.22. The smallest absolute Gasteiger partial charge is 0.194 e. The Kier molecular flexibility index (Phi) is 9.66. The number of aliphatic imine (C=N–C) groups is 1. The number of halogens is 1. The van der Waals surface area contributed by atoms with Gasteiger partial charge in [0, 0.05) is 32.7 Å². The molecule has 3 heterocycles. The normalized spacial score (nSPS) is 16.4. The highest BCUT2D eigenvalue weighted by Crippen LogP contribution is 2.22. The van der Waals surface area contributed by atoms with Gasteiger partial charge in [-0.1, -0.05) is 6.07 Å². The van der Waals surface area contributed by atoms with Gasteiger partial charge >= 0.3 is 0 Å². The van der Waals surface area contributed by atoms with Crippen LogP contribution in [-0.2, 0) is 9.84 Å². The van der Waals surface area contributed by atoms with Crippen LogP contribution in [-0.4, -0.2) is 75.5 Å². The van der Waals surface area contributed by atoms with Crippen molar-refractivity contribution in [2.24, 2.45) is 4.99 Å². The average Bonchev–Trinajstić information content (AvgIpc) is 3.39. The predicted molar refractivity (Wildman–Crippen MR) is 132 cm³/mol. The van der Waals surface area contributed by atoms with Crippen LogP contribution in [0.15, 0.2) is 44.2 Å². The summed E-state index contributed by atoms with van der Waals surface area (Å²) in [5.41, 5.74) is 0. The Hall–Kier alpha value is -0.890. The van der Waals surface area contributed by atoms with Crippen molar-refractivity contribution in [1.29, 1.82) is 0 Å². The number of hydrogen-bond acceptors (Lipinski definition) is 7. The fraction of sp³-hybridized carbons (Fsp3) is 0.500. The molecule has 0 spiro atoms. The molecule has 1 saturated heterocycles. The highest BCUT2D eigenvalue weighted by molar-refractivity contribution is 14.0. The molecule has 0 aliphatic carbocycles. The first-order valence-electron chi connectivity index (χ1n) is 9.25. The summed E-state index contributed by atoms with van der Waals surface area (Å²) in [5.74, 6) is 0.406. The lowest BCUT2D eigenvalue weighted by Gasteiger charge is -2.37. The van der Waals surface area contributed by atoms with E-state index in [0.29, 0.717) is 6.54 Å². The lowest BCUT2D eigenvalue weighted by molar-refractivity contribution is 0.205. The summed E-state index contributed by atoms with van der Waals surface area (Å²) < 4.78 is 24.9. The Balaban J connectivity index is 0.00000300. The molecule has 0 aromatic carbocycles. The van der Waals surface area contributed by atoms with Crippen LogP contribution in [0.4, 0.5) is 5.00 Å². The Morgan fingerprint density at radius 3 is 2.48 bits per heavy atom. The minimum absolute atomic E-state index is 0. The lowest BCUT2D eigenvalue weighted by Crippen LogP contribution is -2.52. The number of sulfone groups is 1. The molecule has 0 bridgehead atoms. The third-order valence-electron chi connectivity index (χ3n) is 4.40. The zero-order valence-electron chi connectivity index (χ0n) is 16.2. The molecule has 0 saturated carbocycles. The van der Waals surface area contributed by atoms with E-state index in [1.54, 1.807) is 28.8 Å². The summed E-state index contributed by atoms with van der Waals surface area (Å²) in [4.78, 5) is 9.01. The number of aliphatic hydroxyl groups excluding tert-OH is 1. The molecule has 2 aromatic heterocycles. The first-order chi connectivity index (χ1) is 13.5. The second-order valence-corrected chi connectivity index (χ2v) is 10.6. The summed E-state index contributed by atoms with van der Waals surface area (Å²) in [6.07, 6.45) is -1.03. The van der Waals surface area contributed by atoms with Crippen LogP contribution in [0, 0.1) is 0 Å². The van der Waals surface area contributed by atoms with Crippen molar-refractivity contribution in [1.82, 2.24) is 10.2 Å². The van der Waals surface area contributed by atoms with Crippen LogP contribution in [0.2, 0.25) is 0 Å². The first kappa shape index (κ1) is 24.4. The number of anilines is 1. The number of thiophene rings is 2. The Labute approximate surface area is 197 Å². The minimum atomic E-state index is -3.47. The standard InChI is InChI=1S/C18H26N4O3S3.HI/c1-2-19-18(22-9-7-21(8-10-22)16-5-3-11-26-16)20-13-15(23)14-28(24,25)17-6-4-12-27-17;/h3-6,11-12,15,23H,2,7-10,13-14H2,1H3,(H,19,20);1H. The SMILES string of the molecule is CCNC(=NCC(O)CS(=O)(=O)c1cccs1)N1CCN(c2cccs2)CC1.I. The molecule has 1 fully saturated rings. The van der Waals surface area contributed by atoms with E-state index in [1.807, 2.05) is 6.92 Å². The lowest BCUT2D eigenvalue weighted by atomic mass is 10.3. The topological polar surface area (TPSA) is 85.2 Å². The van der Waals surface area contributed by atoms with Gasteiger partial charge in [-0.2, -0.15) is 0 Å². The third-order valence-corrected chi connectivity index (χ3v) is 8.61. The van der Waals surface area contributed by atoms with Gasteiger partial charge in [-0.3, -0.25) is 4.99 Å². The molecule has 1 atom stereocenters. The molecular formula is C18H27IN4O3S3. The van der Waals surface area contributed by atoms with Gasteiger partial charge in [0.05, 0.1) is 23.4 Å². The van der Waals surface area contributed by atoms with E-state index >= 15 is 0 Å². The van der Waals surface area contributed by atoms with Gasteiger partial charge in [-0.25, -0.2) is 8.42 Å². The van der Waals surface area contributed by atoms with E-state index in [-0.39, 0.29) is 40.5 Å². The van der Waals surface area contributed by atoms with Gasteiger partial charge in [0.1, 0.15) is 4.21 Å². The zero-order valence-corrected chi connectivity index (χ0v) is 21.0. The molecule has 11 heteroatoms. The Morgan fingerprint density at radius 2 is 1.90 bits per heavy atom. The van der Waals surface area contributed by atoms with Gasteiger partial charge in [0.2, 0.25) is 0 Å². The fourth-order valence-electron chi connectivity index (χ4n) is 3.03. The highest BCUT2D eigenvalue weighted by Gasteiger charge is 2.23. The van der Waals surface area contributed by atoms with Gasteiger partial charge < -0.3 is 20.2 Å². The Bertz CT molecular complexity index is 849. The van der Waals surface area contributed by atoms with Gasteiger partial charge in [-0.05, 0) is 35.9 Å². The van der Waals surface area contributed by atoms with Crippen LogP contribution in [0.1, 0.15) is 6.92 Å². The Morgan fingerprint density at radius 1 is 1.21 bits per heavy atom. The fourth-order valence-corrected chi connectivity index (χ4v) is 6.29. The van der Waals surface area contributed by atoms with Crippen LogP contribution < -0.4 is 10.2 Å². The highest BCUT2D eigenvalue weighted by atomic mass is 127. The van der Waals surface area contributed by atoms with Crippen molar-refractivity contribution < 1.29 is 13.5 Å². The van der Waals surface area contributed by atoms with E-state index < -0.39 is 15.9 Å². The number of guanidine groups is 1. The quantitative estimate of drug-likeness (QED) is 0.302. The van der Waals surface area contributed by atoms with Crippen molar-refractivity contribution in [3.05, 3.63) is 35.0 Å². The zero-order chi connectivity index (χ0) is 20.0. The van der Waals surface area contributed by atoms with Crippen LogP contribution in [0.3, 0.4) is 0 Å². The molecule has 1 unspecified atom stereocenters. The predicted octanol–water partition coefficient (Wildman–Crippen LogP) is 2.35. The van der Waals surface area contributed by atoms with Gasteiger partial charge in [0.15, 0.2) is 15.8 Å². The maximum atomic E-state index is 12.3. The molecule has 2 N–H and O–H groups in total. The molecule has 3 rings (SSSR count). The molecule has 0 radical (unpaired) electrons. The first-order valence-corrected chi connectivity index (χ1v) is 12.7. The molecule has 1 aliphatic rings. The molecule has 29 heavy (non-hydrogen) atoms. The number of hydrogen-bond donors (Lipinski definition) is 2. The number of nitrogens with zero attached hydrogens (tertiary/aromatic N) is 3. The number of aliphatic hydroxyl groups is 1. The number of nitrogens with one attached hydrogen (secondary N) is 1. The van der Waals surface area contributed by atoms with E-state index in [2.05, 4.69) is 37.6 Å². The number of rotatable bonds is 7.